The maximum atomic E-state index is 11.6. The highest BCUT2D eigenvalue weighted by atomic mass is 32.2. The standard InChI is InChI=1S/C15H22N2O2S/c1-12-11-20(18,19)7-6-17(12)10-13-2-3-14-4-5-16-9-15(14)8-13/h2-3,8,12,16H,4-7,9-11H2,1H3. The van der Waals surface area contributed by atoms with E-state index in [9.17, 15) is 8.42 Å². The van der Waals surface area contributed by atoms with E-state index in [2.05, 4.69) is 28.4 Å². The number of nitrogens with one attached hydrogen (secondary N) is 1. The highest BCUT2D eigenvalue weighted by Gasteiger charge is 2.28. The lowest BCUT2D eigenvalue weighted by atomic mass is 9.98. The Morgan fingerprint density at radius 2 is 2.20 bits per heavy atom. The second kappa shape index (κ2) is 5.47. The fraction of sp³-hybridized carbons (Fsp3) is 0.600. The molecule has 0 spiro atoms. The monoisotopic (exact) mass is 294 g/mol. The first-order chi connectivity index (χ1) is 9.53. The van der Waals surface area contributed by atoms with Crippen molar-refractivity contribution < 1.29 is 8.42 Å². The van der Waals surface area contributed by atoms with Crippen LogP contribution in [0, 0.1) is 0 Å². The van der Waals surface area contributed by atoms with Gasteiger partial charge in [0.1, 0.15) is 0 Å². The molecule has 0 aliphatic carbocycles. The molecule has 0 saturated carbocycles. The van der Waals surface area contributed by atoms with Gasteiger partial charge in [0, 0.05) is 25.7 Å². The minimum atomic E-state index is -2.82. The Labute approximate surface area is 121 Å². The van der Waals surface area contributed by atoms with Crippen molar-refractivity contribution >= 4 is 9.84 Å². The predicted octanol–water partition coefficient (Wildman–Crippen LogP) is 0.951. The number of nitrogens with zero attached hydrogens (tertiary/aromatic N) is 1. The topological polar surface area (TPSA) is 49.4 Å². The number of hydrogen-bond donors (Lipinski definition) is 1. The van der Waals surface area contributed by atoms with Gasteiger partial charge in [-0.2, -0.15) is 0 Å². The zero-order valence-corrected chi connectivity index (χ0v) is 12.7. The van der Waals surface area contributed by atoms with Crippen LogP contribution in [0.5, 0.6) is 0 Å². The number of hydrogen-bond acceptors (Lipinski definition) is 4. The molecule has 0 radical (unpaired) electrons. The molecule has 1 aromatic rings. The molecule has 0 amide bonds. The molecular weight excluding hydrogens is 272 g/mol. The minimum Gasteiger partial charge on any atom is -0.312 e. The Balaban J connectivity index is 1.72. The molecule has 1 unspecified atom stereocenters. The van der Waals surface area contributed by atoms with Gasteiger partial charge >= 0.3 is 0 Å². The Morgan fingerprint density at radius 1 is 1.35 bits per heavy atom. The molecule has 2 aliphatic heterocycles. The average molecular weight is 294 g/mol. The van der Waals surface area contributed by atoms with Gasteiger partial charge in [0.25, 0.3) is 0 Å². The number of benzene rings is 1. The molecule has 3 rings (SSSR count). The molecule has 20 heavy (non-hydrogen) atoms. The summed E-state index contributed by atoms with van der Waals surface area (Å²) in [5.74, 6) is 0.587. The van der Waals surface area contributed by atoms with E-state index in [-0.39, 0.29) is 6.04 Å². The van der Waals surface area contributed by atoms with Gasteiger partial charge in [-0.15, -0.1) is 0 Å². The third-order valence-electron chi connectivity index (χ3n) is 4.35. The number of fused-ring (bicyclic) bond motifs is 1. The zero-order valence-electron chi connectivity index (χ0n) is 11.9. The predicted molar refractivity (Wildman–Crippen MR) is 80.4 cm³/mol. The van der Waals surface area contributed by atoms with Gasteiger partial charge in [0.15, 0.2) is 9.84 Å². The summed E-state index contributed by atoms with van der Waals surface area (Å²) in [7, 11) is -2.82. The normalized spacial score (nSPS) is 26.1. The van der Waals surface area contributed by atoms with Crippen LogP contribution in [-0.4, -0.2) is 44.0 Å². The van der Waals surface area contributed by atoms with Crippen LogP contribution in [0.1, 0.15) is 23.6 Å². The smallest absolute Gasteiger partial charge is 0.153 e. The van der Waals surface area contributed by atoms with Gasteiger partial charge in [-0.1, -0.05) is 18.2 Å². The van der Waals surface area contributed by atoms with Crippen molar-refractivity contribution in [2.75, 3.05) is 24.6 Å². The van der Waals surface area contributed by atoms with Gasteiger partial charge in [0.05, 0.1) is 11.5 Å². The summed E-state index contributed by atoms with van der Waals surface area (Å²) in [5, 5.41) is 3.40. The summed E-state index contributed by atoms with van der Waals surface area (Å²) in [6, 6.07) is 6.82. The number of sulfone groups is 1. The van der Waals surface area contributed by atoms with Crippen molar-refractivity contribution in [1.82, 2.24) is 10.2 Å². The van der Waals surface area contributed by atoms with E-state index in [0.29, 0.717) is 18.1 Å². The summed E-state index contributed by atoms with van der Waals surface area (Å²) in [4.78, 5) is 2.28. The van der Waals surface area contributed by atoms with Crippen molar-refractivity contribution in [2.45, 2.75) is 32.5 Å². The highest BCUT2D eigenvalue weighted by molar-refractivity contribution is 7.91. The van der Waals surface area contributed by atoms with Crippen molar-refractivity contribution in [3.8, 4) is 0 Å². The average Bonchev–Trinajstić information content (AvgIpc) is 2.41. The van der Waals surface area contributed by atoms with Crippen LogP contribution in [0.3, 0.4) is 0 Å². The molecule has 1 atom stereocenters. The Bertz CT molecular complexity index is 598. The fourth-order valence-corrected chi connectivity index (χ4v) is 4.76. The van der Waals surface area contributed by atoms with Gasteiger partial charge < -0.3 is 5.32 Å². The molecule has 2 heterocycles. The van der Waals surface area contributed by atoms with Crippen LogP contribution < -0.4 is 5.32 Å². The molecule has 4 nitrogen and oxygen atoms in total. The molecule has 5 heteroatoms. The molecule has 1 fully saturated rings. The Kier molecular flexibility index (Phi) is 3.84. The molecule has 1 aromatic carbocycles. The van der Waals surface area contributed by atoms with Crippen LogP contribution in [0.2, 0.25) is 0 Å². The summed E-state index contributed by atoms with van der Waals surface area (Å²) in [6.07, 6.45) is 1.11. The molecule has 0 bridgehead atoms. The quantitative estimate of drug-likeness (QED) is 0.882. The lowest BCUT2D eigenvalue weighted by molar-refractivity contribution is 0.218. The van der Waals surface area contributed by atoms with Crippen molar-refractivity contribution in [3.63, 3.8) is 0 Å². The Morgan fingerprint density at radius 3 is 3.00 bits per heavy atom. The third-order valence-corrected chi connectivity index (χ3v) is 6.15. The fourth-order valence-electron chi connectivity index (χ4n) is 3.13. The van der Waals surface area contributed by atoms with E-state index in [1.807, 2.05) is 6.92 Å². The van der Waals surface area contributed by atoms with Gasteiger partial charge in [0.2, 0.25) is 0 Å². The zero-order chi connectivity index (χ0) is 14.2. The first kappa shape index (κ1) is 14.0. The first-order valence-electron chi connectivity index (χ1n) is 7.29. The second-order valence-electron chi connectivity index (χ2n) is 5.96. The first-order valence-corrected chi connectivity index (χ1v) is 9.11. The summed E-state index contributed by atoms with van der Waals surface area (Å²) in [5.41, 5.74) is 4.13. The van der Waals surface area contributed by atoms with E-state index in [1.165, 1.54) is 16.7 Å². The van der Waals surface area contributed by atoms with Gasteiger partial charge in [-0.3, -0.25) is 4.90 Å². The minimum absolute atomic E-state index is 0.114. The maximum absolute atomic E-state index is 11.6. The second-order valence-corrected chi connectivity index (χ2v) is 8.19. The van der Waals surface area contributed by atoms with Crippen LogP contribution in [0.15, 0.2) is 18.2 Å². The molecule has 1 saturated heterocycles. The largest absolute Gasteiger partial charge is 0.312 e. The van der Waals surface area contributed by atoms with E-state index in [4.69, 9.17) is 0 Å². The van der Waals surface area contributed by atoms with Crippen LogP contribution >= 0.6 is 0 Å². The van der Waals surface area contributed by atoms with Crippen molar-refractivity contribution in [2.24, 2.45) is 0 Å². The molecule has 2 aliphatic rings. The Hall–Kier alpha value is -0.910. The van der Waals surface area contributed by atoms with E-state index in [1.54, 1.807) is 0 Å². The van der Waals surface area contributed by atoms with E-state index < -0.39 is 9.84 Å². The lowest BCUT2D eigenvalue weighted by Crippen LogP contribution is -2.46. The lowest BCUT2D eigenvalue weighted by Gasteiger charge is -2.33. The number of rotatable bonds is 2. The summed E-state index contributed by atoms with van der Waals surface area (Å²) in [6.45, 7) is 5.53. The van der Waals surface area contributed by atoms with E-state index >= 15 is 0 Å². The van der Waals surface area contributed by atoms with E-state index in [0.717, 1.165) is 26.1 Å². The molecular formula is C15H22N2O2S. The van der Waals surface area contributed by atoms with Gasteiger partial charge in [-0.05, 0) is 36.6 Å². The van der Waals surface area contributed by atoms with Crippen LogP contribution in [0.4, 0.5) is 0 Å². The summed E-state index contributed by atoms with van der Waals surface area (Å²) < 4.78 is 23.2. The molecule has 1 N–H and O–H groups in total. The van der Waals surface area contributed by atoms with Crippen molar-refractivity contribution in [1.29, 1.82) is 0 Å². The van der Waals surface area contributed by atoms with Gasteiger partial charge in [-0.25, -0.2) is 8.42 Å². The SMILES string of the molecule is CC1CS(=O)(=O)CCN1Cc1ccc2c(c1)CNCC2. The third kappa shape index (κ3) is 3.05. The molecule has 110 valence electrons. The highest BCUT2D eigenvalue weighted by Crippen LogP contribution is 2.19. The summed E-state index contributed by atoms with van der Waals surface area (Å²) >= 11 is 0. The van der Waals surface area contributed by atoms with Crippen LogP contribution in [0.25, 0.3) is 0 Å². The maximum Gasteiger partial charge on any atom is 0.153 e. The van der Waals surface area contributed by atoms with Crippen molar-refractivity contribution in [3.05, 3.63) is 34.9 Å². The van der Waals surface area contributed by atoms with Crippen LogP contribution in [-0.2, 0) is 29.3 Å². The molecule has 0 aromatic heterocycles.